The van der Waals surface area contributed by atoms with Crippen molar-refractivity contribution < 1.29 is 0 Å². The topological polar surface area (TPSA) is 18.5 Å². The van der Waals surface area contributed by atoms with Crippen LogP contribution in [0.4, 0.5) is 0 Å². The molecule has 1 atom stereocenters. The summed E-state index contributed by atoms with van der Waals surface area (Å²) < 4.78 is 0. The lowest BCUT2D eigenvalue weighted by Crippen LogP contribution is -2.50. The predicted molar refractivity (Wildman–Crippen MR) is 68.8 cm³/mol. The van der Waals surface area contributed by atoms with Crippen molar-refractivity contribution in [3.63, 3.8) is 0 Å². The molecule has 0 aliphatic carbocycles. The minimum atomic E-state index is 0.894. The summed E-state index contributed by atoms with van der Waals surface area (Å²) in [5.74, 6) is 0. The Labute approximate surface area is 100 Å². The van der Waals surface area contributed by atoms with Crippen molar-refractivity contribution in [1.82, 2.24) is 15.1 Å². The smallest absolute Gasteiger partial charge is 0.0224 e. The van der Waals surface area contributed by atoms with Crippen LogP contribution < -0.4 is 5.32 Å². The van der Waals surface area contributed by atoms with Crippen molar-refractivity contribution in [1.29, 1.82) is 0 Å². The Morgan fingerprint density at radius 2 is 2.06 bits per heavy atom. The summed E-state index contributed by atoms with van der Waals surface area (Å²) in [5.41, 5.74) is 0. The molecule has 0 saturated carbocycles. The molecule has 0 radical (unpaired) electrons. The Morgan fingerprint density at radius 1 is 1.12 bits per heavy atom. The summed E-state index contributed by atoms with van der Waals surface area (Å²) in [6.07, 6.45) is 6.97. The van der Waals surface area contributed by atoms with Gasteiger partial charge in [-0.05, 0) is 52.4 Å². The van der Waals surface area contributed by atoms with Gasteiger partial charge in [0, 0.05) is 25.7 Å². The number of rotatable bonds is 6. The fourth-order valence-electron chi connectivity index (χ4n) is 3.07. The van der Waals surface area contributed by atoms with E-state index < -0.39 is 0 Å². The van der Waals surface area contributed by atoms with Crippen LogP contribution in [0.5, 0.6) is 0 Å². The first-order valence-electron chi connectivity index (χ1n) is 7.01. The van der Waals surface area contributed by atoms with E-state index in [2.05, 4.69) is 15.1 Å². The van der Waals surface area contributed by atoms with Crippen LogP contribution in [0.25, 0.3) is 0 Å². The number of hydrogen-bond acceptors (Lipinski definition) is 3. The van der Waals surface area contributed by atoms with Crippen molar-refractivity contribution in [2.24, 2.45) is 0 Å². The first-order valence-corrected chi connectivity index (χ1v) is 7.01. The van der Waals surface area contributed by atoms with Crippen molar-refractivity contribution in [2.45, 2.75) is 38.1 Å². The van der Waals surface area contributed by atoms with Crippen LogP contribution >= 0.6 is 0 Å². The number of unbranched alkanes of at least 4 members (excludes halogenated alkanes) is 2. The van der Waals surface area contributed by atoms with E-state index in [0.717, 1.165) is 6.04 Å². The SMILES string of the molecule is CNCCCCCN1CCN2CCCC2C1. The second-order valence-corrected chi connectivity index (χ2v) is 5.30. The molecule has 0 bridgehead atoms. The lowest BCUT2D eigenvalue weighted by molar-refractivity contribution is 0.103. The molecule has 2 heterocycles. The lowest BCUT2D eigenvalue weighted by Gasteiger charge is -2.37. The summed E-state index contributed by atoms with van der Waals surface area (Å²) in [5, 5.41) is 3.22. The summed E-state index contributed by atoms with van der Waals surface area (Å²) in [6, 6.07) is 0.894. The average molecular weight is 225 g/mol. The van der Waals surface area contributed by atoms with Crippen LogP contribution in [0.1, 0.15) is 32.1 Å². The highest BCUT2D eigenvalue weighted by Crippen LogP contribution is 2.21. The van der Waals surface area contributed by atoms with E-state index in [1.807, 2.05) is 7.05 Å². The van der Waals surface area contributed by atoms with Gasteiger partial charge in [0.25, 0.3) is 0 Å². The van der Waals surface area contributed by atoms with Crippen molar-refractivity contribution >= 4 is 0 Å². The van der Waals surface area contributed by atoms with E-state index >= 15 is 0 Å². The van der Waals surface area contributed by atoms with Gasteiger partial charge in [0.1, 0.15) is 0 Å². The minimum Gasteiger partial charge on any atom is -0.320 e. The molecule has 2 fully saturated rings. The zero-order chi connectivity index (χ0) is 11.2. The van der Waals surface area contributed by atoms with Gasteiger partial charge in [-0.15, -0.1) is 0 Å². The van der Waals surface area contributed by atoms with Crippen molar-refractivity contribution in [3.8, 4) is 0 Å². The molecule has 0 amide bonds. The molecule has 94 valence electrons. The second kappa shape index (κ2) is 6.58. The van der Waals surface area contributed by atoms with Crippen LogP contribution in [0.15, 0.2) is 0 Å². The van der Waals surface area contributed by atoms with Crippen LogP contribution in [-0.4, -0.2) is 62.2 Å². The van der Waals surface area contributed by atoms with Gasteiger partial charge >= 0.3 is 0 Å². The van der Waals surface area contributed by atoms with E-state index in [4.69, 9.17) is 0 Å². The van der Waals surface area contributed by atoms with E-state index in [0.29, 0.717) is 0 Å². The molecule has 2 rings (SSSR count). The van der Waals surface area contributed by atoms with Crippen LogP contribution in [0, 0.1) is 0 Å². The number of fused-ring (bicyclic) bond motifs is 1. The maximum atomic E-state index is 3.22. The molecule has 1 unspecified atom stereocenters. The molecule has 2 aliphatic heterocycles. The van der Waals surface area contributed by atoms with Gasteiger partial charge in [0.15, 0.2) is 0 Å². The molecular formula is C13H27N3. The van der Waals surface area contributed by atoms with E-state index in [1.54, 1.807) is 0 Å². The molecule has 3 heteroatoms. The third-order valence-electron chi connectivity index (χ3n) is 4.07. The Balaban J connectivity index is 1.56. The fraction of sp³-hybridized carbons (Fsp3) is 1.00. The molecule has 1 N–H and O–H groups in total. The maximum absolute atomic E-state index is 3.22. The quantitative estimate of drug-likeness (QED) is 0.684. The monoisotopic (exact) mass is 225 g/mol. The standard InChI is InChI=1S/C13H27N3/c1-14-7-3-2-4-8-15-10-11-16-9-5-6-13(16)12-15/h13-14H,2-12H2,1H3. The fourth-order valence-corrected chi connectivity index (χ4v) is 3.07. The summed E-state index contributed by atoms with van der Waals surface area (Å²) in [4.78, 5) is 5.38. The molecule has 2 aliphatic rings. The molecule has 0 aromatic carbocycles. The van der Waals surface area contributed by atoms with Gasteiger partial charge in [0.05, 0.1) is 0 Å². The highest BCUT2D eigenvalue weighted by atomic mass is 15.3. The largest absolute Gasteiger partial charge is 0.320 e. The van der Waals surface area contributed by atoms with Crippen LogP contribution in [0.2, 0.25) is 0 Å². The van der Waals surface area contributed by atoms with Crippen LogP contribution in [0.3, 0.4) is 0 Å². The maximum Gasteiger partial charge on any atom is 0.0224 e. The molecule has 0 spiro atoms. The zero-order valence-corrected chi connectivity index (χ0v) is 10.7. The van der Waals surface area contributed by atoms with E-state index in [1.165, 1.54) is 71.4 Å². The van der Waals surface area contributed by atoms with Gasteiger partial charge < -0.3 is 10.2 Å². The second-order valence-electron chi connectivity index (χ2n) is 5.30. The van der Waals surface area contributed by atoms with Gasteiger partial charge in [-0.2, -0.15) is 0 Å². The van der Waals surface area contributed by atoms with Gasteiger partial charge in [0.2, 0.25) is 0 Å². The van der Waals surface area contributed by atoms with E-state index in [-0.39, 0.29) is 0 Å². The Morgan fingerprint density at radius 3 is 2.94 bits per heavy atom. The Hall–Kier alpha value is -0.120. The minimum absolute atomic E-state index is 0.894. The first-order chi connectivity index (χ1) is 7.90. The highest BCUT2D eigenvalue weighted by molar-refractivity contribution is 4.86. The molecule has 0 aromatic rings. The number of piperazine rings is 1. The van der Waals surface area contributed by atoms with Gasteiger partial charge in [-0.3, -0.25) is 4.90 Å². The summed E-state index contributed by atoms with van der Waals surface area (Å²) in [7, 11) is 2.04. The number of nitrogens with one attached hydrogen (secondary N) is 1. The third kappa shape index (κ3) is 3.44. The molecule has 3 nitrogen and oxygen atoms in total. The molecule has 0 aromatic heterocycles. The van der Waals surface area contributed by atoms with E-state index in [9.17, 15) is 0 Å². The molecule has 2 saturated heterocycles. The predicted octanol–water partition coefficient (Wildman–Crippen LogP) is 1.16. The number of nitrogens with zero attached hydrogens (tertiary/aromatic N) is 2. The normalized spacial score (nSPS) is 27.2. The number of hydrogen-bond donors (Lipinski definition) is 1. The molecule has 16 heavy (non-hydrogen) atoms. The summed E-state index contributed by atoms with van der Waals surface area (Å²) in [6.45, 7) is 7.83. The zero-order valence-electron chi connectivity index (χ0n) is 10.7. The average Bonchev–Trinajstić information content (AvgIpc) is 2.76. The van der Waals surface area contributed by atoms with Crippen molar-refractivity contribution in [2.75, 3.05) is 46.3 Å². The first kappa shape index (κ1) is 12.3. The van der Waals surface area contributed by atoms with Crippen LogP contribution in [-0.2, 0) is 0 Å². The summed E-state index contributed by atoms with van der Waals surface area (Å²) >= 11 is 0. The molecular weight excluding hydrogens is 198 g/mol. The third-order valence-corrected chi connectivity index (χ3v) is 4.07. The Kier molecular flexibility index (Phi) is 5.07. The highest BCUT2D eigenvalue weighted by Gasteiger charge is 2.29. The lowest BCUT2D eigenvalue weighted by atomic mass is 10.1. The Bertz CT molecular complexity index is 196. The van der Waals surface area contributed by atoms with Gasteiger partial charge in [-0.1, -0.05) is 6.42 Å². The van der Waals surface area contributed by atoms with Gasteiger partial charge in [-0.25, -0.2) is 0 Å². The van der Waals surface area contributed by atoms with Crippen molar-refractivity contribution in [3.05, 3.63) is 0 Å².